The third kappa shape index (κ3) is 5.32. The molecule has 1 saturated heterocycles. The van der Waals surface area contributed by atoms with Crippen LogP contribution in [0.4, 0.5) is 5.69 Å². The number of nitrogens with zero attached hydrogens (tertiary/aromatic N) is 2. The molecule has 1 heterocycles. The maximum absolute atomic E-state index is 6.77. The van der Waals surface area contributed by atoms with E-state index in [0.29, 0.717) is 5.92 Å². The molecule has 1 saturated carbocycles. The van der Waals surface area contributed by atoms with Crippen molar-refractivity contribution in [2.45, 2.75) is 57.4 Å². The Morgan fingerprint density at radius 1 is 0.895 bits per heavy atom. The van der Waals surface area contributed by atoms with Crippen LogP contribution in [0.25, 0.3) is 5.57 Å². The summed E-state index contributed by atoms with van der Waals surface area (Å²) in [5.74, 6) is 0.710. The number of allylic oxidation sites excluding steroid dienone is 3. The molecule has 0 spiro atoms. The molecule has 2 aliphatic carbocycles. The van der Waals surface area contributed by atoms with Gasteiger partial charge in [-0.2, -0.15) is 0 Å². The topological polar surface area (TPSA) is 6.48 Å². The van der Waals surface area contributed by atoms with E-state index in [1.54, 1.807) is 0 Å². The number of aryl methyl sites for hydroxylation is 1. The second kappa shape index (κ2) is 11.3. The zero-order valence-electron chi connectivity index (χ0n) is 22.2. The number of benzene rings is 3. The van der Waals surface area contributed by atoms with E-state index >= 15 is 0 Å². The average molecular weight is 544 g/mol. The standard InChI is InChI=1S/C34H36Cl2N2/c1-24-7-4-14-32(33(24)36)37-19-20-38(23-37)34(29-12-5-10-27(21-29)25-8-2-3-9-25)30-13-6-11-28(22-30)26-15-17-31(35)18-16-26/h4-5,7,10-12,14-18,21-22,25,34H,2-3,6,8-9,13,19-20,23H2,1H3. The van der Waals surface area contributed by atoms with Crippen molar-refractivity contribution in [2.24, 2.45) is 0 Å². The molecule has 0 radical (unpaired) electrons. The molecule has 4 heteroatoms. The fraction of sp³-hybridized carbons (Fsp3) is 0.353. The summed E-state index contributed by atoms with van der Waals surface area (Å²) in [5, 5.41) is 1.65. The third-order valence-electron chi connectivity index (χ3n) is 8.61. The normalized spacial score (nSPS) is 19.5. The summed E-state index contributed by atoms with van der Waals surface area (Å²) >= 11 is 13.0. The number of hydrogen-bond acceptors (Lipinski definition) is 2. The van der Waals surface area contributed by atoms with E-state index in [2.05, 4.69) is 83.5 Å². The summed E-state index contributed by atoms with van der Waals surface area (Å²) in [6.07, 6.45) is 12.3. The number of anilines is 1. The van der Waals surface area contributed by atoms with Gasteiger partial charge in [-0.25, -0.2) is 0 Å². The second-order valence-electron chi connectivity index (χ2n) is 11.1. The van der Waals surface area contributed by atoms with Crippen molar-refractivity contribution in [2.75, 3.05) is 24.7 Å². The van der Waals surface area contributed by atoms with E-state index in [1.165, 1.54) is 53.5 Å². The highest BCUT2D eigenvalue weighted by Crippen LogP contribution is 2.41. The number of rotatable bonds is 6. The summed E-state index contributed by atoms with van der Waals surface area (Å²) in [6.45, 7) is 4.96. The minimum absolute atomic E-state index is 0.251. The molecule has 2 nitrogen and oxygen atoms in total. The monoisotopic (exact) mass is 542 g/mol. The highest BCUT2D eigenvalue weighted by molar-refractivity contribution is 6.34. The maximum Gasteiger partial charge on any atom is 0.0716 e. The predicted octanol–water partition coefficient (Wildman–Crippen LogP) is 9.58. The van der Waals surface area contributed by atoms with E-state index in [9.17, 15) is 0 Å². The van der Waals surface area contributed by atoms with Gasteiger partial charge in [-0.1, -0.05) is 96.7 Å². The highest BCUT2D eigenvalue weighted by atomic mass is 35.5. The summed E-state index contributed by atoms with van der Waals surface area (Å²) in [5.41, 5.74) is 9.27. The largest absolute Gasteiger partial charge is 0.356 e. The Labute approximate surface area is 237 Å². The molecule has 0 amide bonds. The van der Waals surface area contributed by atoms with Gasteiger partial charge in [-0.05, 0) is 90.1 Å². The van der Waals surface area contributed by atoms with E-state index in [1.807, 2.05) is 12.1 Å². The van der Waals surface area contributed by atoms with Crippen LogP contribution in [0.15, 0.2) is 84.5 Å². The lowest BCUT2D eigenvalue weighted by Gasteiger charge is -2.33. The van der Waals surface area contributed by atoms with Gasteiger partial charge in [0, 0.05) is 18.1 Å². The van der Waals surface area contributed by atoms with Crippen LogP contribution >= 0.6 is 23.2 Å². The Hall–Kier alpha value is -2.52. The van der Waals surface area contributed by atoms with Crippen LogP contribution < -0.4 is 4.90 Å². The van der Waals surface area contributed by atoms with E-state index < -0.39 is 0 Å². The number of hydrogen-bond donors (Lipinski definition) is 0. The van der Waals surface area contributed by atoms with Gasteiger partial charge in [0.25, 0.3) is 0 Å². The van der Waals surface area contributed by atoms with Crippen LogP contribution in [0, 0.1) is 6.92 Å². The Balaban J connectivity index is 1.36. The van der Waals surface area contributed by atoms with Crippen LogP contribution in [0.2, 0.25) is 10.0 Å². The van der Waals surface area contributed by atoms with E-state index in [0.717, 1.165) is 53.9 Å². The summed E-state index contributed by atoms with van der Waals surface area (Å²) in [6, 6.07) is 24.4. The van der Waals surface area contributed by atoms with Crippen molar-refractivity contribution in [3.63, 3.8) is 0 Å². The highest BCUT2D eigenvalue weighted by Gasteiger charge is 2.32. The Bertz CT molecular complexity index is 1350. The molecule has 3 aromatic rings. The molecule has 1 unspecified atom stereocenters. The number of halogens is 2. The Kier molecular flexibility index (Phi) is 7.66. The van der Waals surface area contributed by atoms with Gasteiger partial charge in [-0.15, -0.1) is 0 Å². The van der Waals surface area contributed by atoms with Gasteiger partial charge < -0.3 is 4.90 Å². The van der Waals surface area contributed by atoms with Crippen LogP contribution in [0.1, 0.15) is 72.7 Å². The van der Waals surface area contributed by atoms with Crippen LogP contribution in [-0.2, 0) is 0 Å². The van der Waals surface area contributed by atoms with Gasteiger partial charge in [0.1, 0.15) is 0 Å². The first-order valence-corrected chi connectivity index (χ1v) is 14.8. The fourth-order valence-corrected chi connectivity index (χ4v) is 6.95. The molecule has 2 fully saturated rings. The van der Waals surface area contributed by atoms with Gasteiger partial charge in [-0.3, -0.25) is 4.90 Å². The zero-order chi connectivity index (χ0) is 26.1. The molecule has 0 N–H and O–H groups in total. The smallest absolute Gasteiger partial charge is 0.0716 e. The third-order valence-corrected chi connectivity index (χ3v) is 9.35. The summed E-state index contributed by atoms with van der Waals surface area (Å²) < 4.78 is 0. The fourth-order valence-electron chi connectivity index (χ4n) is 6.58. The molecule has 3 aromatic carbocycles. The molecular formula is C34H36Cl2N2. The first-order chi connectivity index (χ1) is 18.6. The SMILES string of the molecule is Cc1cccc(N2CCN(C(C3=CC(c4ccc(Cl)cc4)=CCC3)c3cccc(C4CCCC4)c3)C2)c1Cl. The van der Waals surface area contributed by atoms with Crippen molar-refractivity contribution in [1.29, 1.82) is 0 Å². The maximum atomic E-state index is 6.77. The van der Waals surface area contributed by atoms with Crippen molar-refractivity contribution in [3.8, 4) is 0 Å². The Morgan fingerprint density at radius 2 is 1.68 bits per heavy atom. The molecule has 1 atom stereocenters. The van der Waals surface area contributed by atoms with Gasteiger partial charge >= 0.3 is 0 Å². The van der Waals surface area contributed by atoms with Crippen LogP contribution in [-0.4, -0.2) is 24.7 Å². The zero-order valence-corrected chi connectivity index (χ0v) is 23.7. The quantitative estimate of drug-likeness (QED) is 0.305. The first kappa shape index (κ1) is 25.7. The molecule has 196 valence electrons. The van der Waals surface area contributed by atoms with E-state index in [-0.39, 0.29) is 6.04 Å². The van der Waals surface area contributed by atoms with Crippen molar-refractivity contribution in [1.82, 2.24) is 4.90 Å². The van der Waals surface area contributed by atoms with Gasteiger partial charge in [0.05, 0.1) is 23.4 Å². The predicted molar refractivity (Wildman–Crippen MR) is 162 cm³/mol. The molecule has 3 aliphatic rings. The van der Waals surface area contributed by atoms with Crippen molar-refractivity contribution < 1.29 is 0 Å². The van der Waals surface area contributed by atoms with Crippen molar-refractivity contribution in [3.05, 3.63) is 117 Å². The minimum atomic E-state index is 0.251. The molecule has 1 aliphatic heterocycles. The molecule has 0 aromatic heterocycles. The lowest BCUT2D eigenvalue weighted by Crippen LogP contribution is -2.31. The van der Waals surface area contributed by atoms with Crippen molar-refractivity contribution >= 4 is 34.5 Å². The molecule has 38 heavy (non-hydrogen) atoms. The molecule has 6 rings (SSSR count). The summed E-state index contributed by atoms with van der Waals surface area (Å²) in [4.78, 5) is 5.10. The van der Waals surface area contributed by atoms with Gasteiger partial charge in [0.2, 0.25) is 0 Å². The summed E-state index contributed by atoms with van der Waals surface area (Å²) in [7, 11) is 0. The molecular weight excluding hydrogens is 507 g/mol. The lowest BCUT2D eigenvalue weighted by atomic mass is 9.85. The molecule has 0 bridgehead atoms. The van der Waals surface area contributed by atoms with E-state index in [4.69, 9.17) is 23.2 Å². The van der Waals surface area contributed by atoms with Crippen LogP contribution in [0.5, 0.6) is 0 Å². The van der Waals surface area contributed by atoms with Crippen LogP contribution in [0.3, 0.4) is 0 Å². The Morgan fingerprint density at radius 3 is 2.50 bits per heavy atom. The average Bonchev–Trinajstić information content (AvgIpc) is 3.65. The minimum Gasteiger partial charge on any atom is -0.356 e. The van der Waals surface area contributed by atoms with Gasteiger partial charge in [0.15, 0.2) is 0 Å². The lowest BCUT2D eigenvalue weighted by molar-refractivity contribution is 0.274. The first-order valence-electron chi connectivity index (χ1n) is 14.1. The second-order valence-corrected chi connectivity index (χ2v) is 11.9.